The van der Waals surface area contributed by atoms with Crippen LogP contribution in [-0.2, 0) is 11.2 Å². The first-order chi connectivity index (χ1) is 16.5. The quantitative estimate of drug-likeness (QED) is 0.487. The molecule has 0 saturated carbocycles. The second kappa shape index (κ2) is 7.88. The van der Waals surface area contributed by atoms with Gasteiger partial charge in [-0.3, -0.25) is 9.20 Å². The van der Waals surface area contributed by atoms with Crippen molar-refractivity contribution < 1.29 is 18.7 Å². The zero-order valence-electron chi connectivity index (χ0n) is 18.1. The number of hydrogen-bond acceptors (Lipinski definition) is 5. The highest BCUT2D eigenvalue weighted by molar-refractivity contribution is 6.00. The molecular formula is C25H21F2N5O2. The number of aliphatic hydroxyl groups excluding tert-OH is 1. The molecule has 2 aliphatic rings. The van der Waals surface area contributed by atoms with Crippen molar-refractivity contribution in [3.8, 4) is 22.5 Å². The van der Waals surface area contributed by atoms with E-state index < -0.39 is 12.3 Å². The Hall–Kier alpha value is -3.85. The maximum atomic E-state index is 14.3. The molecule has 1 saturated heterocycles. The molecule has 172 valence electrons. The number of anilines is 2. The smallest absolute Gasteiger partial charge is 0.228 e. The van der Waals surface area contributed by atoms with Gasteiger partial charge in [-0.2, -0.15) is 0 Å². The van der Waals surface area contributed by atoms with Crippen LogP contribution in [0.4, 0.5) is 20.3 Å². The van der Waals surface area contributed by atoms with Gasteiger partial charge in [-0.15, -0.1) is 0 Å². The van der Waals surface area contributed by atoms with Gasteiger partial charge in [0.2, 0.25) is 5.91 Å². The van der Waals surface area contributed by atoms with Crippen molar-refractivity contribution in [1.29, 1.82) is 0 Å². The Balaban J connectivity index is 1.55. The Morgan fingerprint density at radius 3 is 2.71 bits per heavy atom. The van der Waals surface area contributed by atoms with Gasteiger partial charge in [-0.05, 0) is 48.4 Å². The molecule has 4 heterocycles. The molecular weight excluding hydrogens is 440 g/mol. The number of alkyl halides is 1. The predicted molar refractivity (Wildman–Crippen MR) is 124 cm³/mol. The number of aliphatic hydroxyl groups is 1. The van der Waals surface area contributed by atoms with Crippen molar-refractivity contribution in [3.63, 3.8) is 0 Å². The third-order valence-electron chi connectivity index (χ3n) is 6.45. The number of carbonyl (C=O) groups excluding carboxylic acids is 1. The summed E-state index contributed by atoms with van der Waals surface area (Å²) in [5.41, 5.74) is 5.17. The molecule has 6 rings (SSSR count). The standard InChI is InChI=1S/C25H21F2N5O2/c26-17-4-1-14(2-5-17)22-23(15-3-6-19-16(11-15)12-21(34)29-19)32-10-8-28-24(25(32)30-22)31-9-7-20(33)18(27)13-31/h1-6,8,10-11,18,20,33H,7,9,12-13H2,(H,29,34). The van der Waals surface area contributed by atoms with Gasteiger partial charge in [-0.1, -0.05) is 6.07 Å². The van der Waals surface area contributed by atoms with Crippen LogP contribution in [0.25, 0.3) is 28.2 Å². The van der Waals surface area contributed by atoms with Crippen LogP contribution < -0.4 is 10.2 Å². The number of piperidine rings is 1. The lowest BCUT2D eigenvalue weighted by molar-refractivity contribution is -0.115. The number of fused-ring (bicyclic) bond motifs is 2. The van der Waals surface area contributed by atoms with Gasteiger partial charge in [0.15, 0.2) is 11.5 Å². The first kappa shape index (κ1) is 20.7. The third-order valence-corrected chi connectivity index (χ3v) is 6.45. The highest BCUT2D eigenvalue weighted by Crippen LogP contribution is 2.37. The van der Waals surface area contributed by atoms with Crippen LogP contribution in [0.2, 0.25) is 0 Å². The van der Waals surface area contributed by atoms with E-state index in [1.165, 1.54) is 12.1 Å². The Labute approximate surface area is 193 Å². The van der Waals surface area contributed by atoms with Crippen LogP contribution in [0.15, 0.2) is 54.9 Å². The van der Waals surface area contributed by atoms with Crippen molar-refractivity contribution in [2.45, 2.75) is 25.1 Å². The Morgan fingerprint density at radius 1 is 1.12 bits per heavy atom. The number of nitrogens with one attached hydrogen (secondary N) is 1. The summed E-state index contributed by atoms with van der Waals surface area (Å²) in [6.07, 6.45) is 1.67. The van der Waals surface area contributed by atoms with E-state index in [0.29, 0.717) is 36.5 Å². The van der Waals surface area contributed by atoms with E-state index in [0.717, 1.165) is 28.1 Å². The van der Waals surface area contributed by atoms with E-state index in [1.54, 1.807) is 29.4 Å². The second-order valence-corrected chi connectivity index (χ2v) is 8.68. The summed E-state index contributed by atoms with van der Waals surface area (Å²) in [6.45, 7) is 0.476. The number of amides is 1. The molecule has 34 heavy (non-hydrogen) atoms. The minimum Gasteiger partial charge on any atom is -0.390 e. The fraction of sp³-hybridized carbons (Fsp3) is 0.240. The molecule has 0 spiro atoms. The number of rotatable bonds is 3. The van der Waals surface area contributed by atoms with Gasteiger partial charge >= 0.3 is 0 Å². The summed E-state index contributed by atoms with van der Waals surface area (Å²) in [7, 11) is 0. The molecule has 2 aliphatic heterocycles. The van der Waals surface area contributed by atoms with Crippen molar-refractivity contribution >= 4 is 23.1 Å². The minimum atomic E-state index is -1.37. The molecule has 1 amide bonds. The van der Waals surface area contributed by atoms with Crippen molar-refractivity contribution in [1.82, 2.24) is 14.4 Å². The van der Waals surface area contributed by atoms with Crippen molar-refractivity contribution in [3.05, 3.63) is 66.2 Å². The normalized spacial score (nSPS) is 20.0. The number of benzene rings is 2. The first-order valence-electron chi connectivity index (χ1n) is 11.1. The highest BCUT2D eigenvalue weighted by atomic mass is 19.1. The summed E-state index contributed by atoms with van der Waals surface area (Å²) >= 11 is 0. The maximum absolute atomic E-state index is 14.3. The predicted octanol–water partition coefficient (Wildman–Crippen LogP) is 3.61. The van der Waals surface area contributed by atoms with E-state index in [-0.39, 0.29) is 18.3 Å². The number of hydrogen-bond donors (Lipinski definition) is 2. The van der Waals surface area contributed by atoms with Gasteiger partial charge in [0.05, 0.1) is 30.5 Å². The minimum absolute atomic E-state index is 0.0224. The molecule has 2 N–H and O–H groups in total. The topological polar surface area (TPSA) is 82.8 Å². The van der Waals surface area contributed by atoms with Crippen LogP contribution in [0, 0.1) is 5.82 Å². The van der Waals surface area contributed by atoms with Gasteiger partial charge in [0.1, 0.15) is 12.0 Å². The Morgan fingerprint density at radius 2 is 1.91 bits per heavy atom. The average molecular weight is 461 g/mol. The largest absolute Gasteiger partial charge is 0.390 e. The lowest BCUT2D eigenvalue weighted by Crippen LogP contribution is -2.45. The van der Waals surface area contributed by atoms with E-state index >= 15 is 0 Å². The molecule has 7 nitrogen and oxygen atoms in total. The van der Waals surface area contributed by atoms with E-state index in [1.807, 2.05) is 22.6 Å². The molecule has 2 unspecified atom stereocenters. The lowest BCUT2D eigenvalue weighted by Gasteiger charge is -2.32. The summed E-state index contributed by atoms with van der Waals surface area (Å²) in [5, 5.41) is 12.7. The maximum Gasteiger partial charge on any atom is 0.228 e. The molecule has 0 radical (unpaired) electrons. The van der Waals surface area contributed by atoms with Gasteiger partial charge in [0.25, 0.3) is 0 Å². The SMILES string of the molecule is O=C1Cc2cc(-c3c(-c4ccc(F)cc4)nc4c(N5CCC(O)C(F)C5)nccn34)ccc2N1. The number of halogens is 2. The summed E-state index contributed by atoms with van der Waals surface area (Å²) in [4.78, 5) is 23.0. The fourth-order valence-corrected chi connectivity index (χ4v) is 4.73. The van der Waals surface area contributed by atoms with Gasteiger partial charge < -0.3 is 15.3 Å². The van der Waals surface area contributed by atoms with E-state index in [4.69, 9.17) is 4.98 Å². The van der Waals surface area contributed by atoms with Crippen LogP contribution in [0.3, 0.4) is 0 Å². The van der Waals surface area contributed by atoms with Gasteiger partial charge in [0, 0.05) is 35.8 Å². The number of carbonyl (C=O) groups is 1. The highest BCUT2D eigenvalue weighted by Gasteiger charge is 2.30. The zero-order chi connectivity index (χ0) is 23.4. The van der Waals surface area contributed by atoms with Crippen LogP contribution >= 0.6 is 0 Å². The fourth-order valence-electron chi connectivity index (χ4n) is 4.73. The van der Waals surface area contributed by atoms with E-state index in [2.05, 4.69) is 10.3 Å². The molecule has 4 aromatic rings. The molecule has 2 aromatic carbocycles. The lowest BCUT2D eigenvalue weighted by atomic mass is 10.0. The monoisotopic (exact) mass is 461 g/mol. The second-order valence-electron chi connectivity index (χ2n) is 8.68. The summed E-state index contributed by atoms with van der Waals surface area (Å²) < 4.78 is 29.9. The Kier molecular flexibility index (Phi) is 4.80. The third kappa shape index (κ3) is 3.40. The van der Waals surface area contributed by atoms with Gasteiger partial charge in [-0.25, -0.2) is 18.7 Å². The van der Waals surface area contributed by atoms with Crippen LogP contribution in [0.1, 0.15) is 12.0 Å². The molecule has 0 bridgehead atoms. The molecule has 2 atom stereocenters. The van der Waals surface area contributed by atoms with Crippen LogP contribution in [-0.4, -0.2) is 50.7 Å². The van der Waals surface area contributed by atoms with Crippen molar-refractivity contribution in [2.24, 2.45) is 0 Å². The van der Waals surface area contributed by atoms with Crippen molar-refractivity contribution in [2.75, 3.05) is 23.3 Å². The number of aromatic nitrogens is 3. The molecule has 9 heteroatoms. The first-order valence-corrected chi connectivity index (χ1v) is 11.1. The van der Waals surface area contributed by atoms with E-state index in [9.17, 15) is 18.7 Å². The zero-order valence-corrected chi connectivity index (χ0v) is 18.1. The number of imidazole rings is 1. The summed E-state index contributed by atoms with van der Waals surface area (Å²) in [5.74, 6) is 0.118. The summed E-state index contributed by atoms with van der Waals surface area (Å²) in [6, 6.07) is 11.8. The van der Waals surface area contributed by atoms with Crippen LogP contribution in [0.5, 0.6) is 0 Å². The molecule has 0 aliphatic carbocycles. The number of nitrogens with zero attached hydrogens (tertiary/aromatic N) is 4. The Bertz CT molecular complexity index is 1420. The molecule has 1 fully saturated rings. The average Bonchev–Trinajstić information content (AvgIpc) is 3.40. The molecule has 2 aromatic heterocycles.